The lowest BCUT2D eigenvalue weighted by Crippen LogP contribution is -2.22. The smallest absolute Gasteiger partial charge is 0.216 e. The van der Waals surface area contributed by atoms with E-state index in [0.29, 0.717) is 16.8 Å². The minimum Gasteiger partial charge on any atom is -0.469 e. The summed E-state index contributed by atoms with van der Waals surface area (Å²) in [5.41, 5.74) is 2.16. The molecule has 1 N–H and O–H groups in total. The minimum absolute atomic E-state index is 0.0218. The van der Waals surface area contributed by atoms with Crippen LogP contribution in [0.1, 0.15) is 23.7 Å². The topological polar surface area (TPSA) is 34.1 Å². The van der Waals surface area contributed by atoms with Crippen molar-refractivity contribution in [1.82, 2.24) is 10.3 Å². The predicted molar refractivity (Wildman–Crippen MR) is 84.8 cm³/mol. The normalized spacial score (nSPS) is 19.4. The van der Waals surface area contributed by atoms with Crippen molar-refractivity contribution in [3.63, 3.8) is 0 Å². The molecule has 0 radical (unpaired) electrons. The molecule has 1 aromatic carbocycles. The van der Waals surface area contributed by atoms with Gasteiger partial charge in [-0.15, -0.1) is 0 Å². The van der Waals surface area contributed by atoms with Gasteiger partial charge in [-0.1, -0.05) is 41.9 Å². The molecule has 0 spiro atoms. The lowest BCUT2D eigenvalue weighted by Gasteiger charge is -2.25. The van der Waals surface area contributed by atoms with Crippen LogP contribution in [0.5, 0.6) is 5.88 Å². The second-order valence-electron chi connectivity index (χ2n) is 5.48. The first kappa shape index (κ1) is 14.4. The third-order valence-corrected chi connectivity index (χ3v) is 4.10. The molecule has 1 unspecified atom stereocenters. The van der Waals surface area contributed by atoms with Crippen molar-refractivity contribution in [2.24, 2.45) is 5.92 Å². The maximum absolute atomic E-state index is 6.26. The van der Waals surface area contributed by atoms with E-state index < -0.39 is 0 Å². The fourth-order valence-electron chi connectivity index (χ4n) is 2.79. The highest BCUT2D eigenvalue weighted by Gasteiger charge is 2.28. The second kappa shape index (κ2) is 6.46. The Morgan fingerprint density at radius 3 is 2.81 bits per heavy atom. The Kier molecular flexibility index (Phi) is 4.42. The molecular weight excluding hydrogens is 284 g/mol. The first-order valence-corrected chi connectivity index (χ1v) is 7.66. The molecule has 1 aliphatic heterocycles. The van der Waals surface area contributed by atoms with Gasteiger partial charge in [0.2, 0.25) is 5.88 Å². The van der Waals surface area contributed by atoms with E-state index >= 15 is 0 Å². The molecule has 1 aromatic heterocycles. The van der Waals surface area contributed by atoms with E-state index in [-0.39, 0.29) is 6.10 Å². The zero-order chi connectivity index (χ0) is 14.7. The standard InChI is InChI=1S/C17H19ClN2O/c1-12-9-15(18)11-20-17(12)21-16(14-7-8-19-10-14)13-5-3-2-4-6-13/h2-6,9,11,14,16,19H,7-8,10H2,1H3/t14?,16-/m1/s1. The lowest BCUT2D eigenvalue weighted by molar-refractivity contribution is 0.137. The molecule has 1 aliphatic rings. The van der Waals surface area contributed by atoms with Crippen LogP contribution in [-0.2, 0) is 0 Å². The van der Waals surface area contributed by atoms with Gasteiger partial charge in [0.05, 0.1) is 5.02 Å². The van der Waals surface area contributed by atoms with Gasteiger partial charge in [-0.25, -0.2) is 4.98 Å². The van der Waals surface area contributed by atoms with E-state index in [1.54, 1.807) is 6.20 Å². The average molecular weight is 303 g/mol. The molecule has 2 heterocycles. The van der Waals surface area contributed by atoms with Gasteiger partial charge in [-0.2, -0.15) is 0 Å². The SMILES string of the molecule is Cc1cc(Cl)cnc1O[C@H](c1ccccc1)C1CCNC1. The summed E-state index contributed by atoms with van der Waals surface area (Å²) in [6, 6.07) is 12.3. The van der Waals surface area contributed by atoms with Crippen LogP contribution in [0.15, 0.2) is 42.6 Å². The van der Waals surface area contributed by atoms with E-state index in [1.807, 2.05) is 19.1 Å². The molecule has 2 atom stereocenters. The Morgan fingerprint density at radius 1 is 1.33 bits per heavy atom. The summed E-state index contributed by atoms with van der Waals surface area (Å²) in [5.74, 6) is 1.13. The summed E-state index contributed by atoms with van der Waals surface area (Å²) in [6.07, 6.45) is 2.78. The largest absolute Gasteiger partial charge is 0.469 e. The van der Waals surface area contributed by atoms with Crippen LogP contribution in [0.2, 0.25) is 5.02 Å². The van der Waals surface area contributed by atoms with Crippen LogP contribution in [0.25, 0.3) is 0 Å². The quantitative estimate of drug-likeness (QED) is 0.933. The lowest BCUT2D eigenvalue weighted by atomic mass is 9.95. The minimum atomic E-state index is 0.0218. The Morgan fingerprint density at radius 2 is 2.14 bits per heavy atom. The van der Waals surface area contributed by atoms with Crippen molar-refractivity contribution in [2.75, 3.05) is 13.1 Å². The van der Waals surface area contributed by atoms with E-state index in [0.717, 1.165) is 25.1 Å². The number of hydrogen-bond acceptors (Lipinski definition) is 3. The van der Waals surface area contributed by atoms with Gasteiger partial charge in [-0.05, 0) is 31.5 Å². The summed E-state index contributed by atoms with van der Waals surface area (Å²) in [5, 5.41) is 4.05. The Bertz CT molecular complexity index is 597. The van der Waals surface area contributed by atoms with Gasteiger partial charge in [0.15, 0.2) is 0 Å². The first-order chi connectivity index (χ1) is 10.2. The van der Waals surface area contributed by atoms with Crippen LogP contribution in [-0.4, -0.2) is 18.1 Å². The number of nitrogens with one attached hydrogen (secondary N) is 1. The number of hydrogen-bond donors (Lipinski definition) is 1. The zero-order valence-corrected chi connectivity index (χ0v) is 12.8. The molecule has 3 rings (SSSR count). The fourth-order valence-corrected chi connectivity index (χ4v) is 3.00. The van der Waals surface area contributed by atoms with E-state index in [1.165, 1.54) is 5.56 Å². The number of pyridine rings is 1. The Balaban J connectivity index is 1.88. The number of aryl methyl sites for hydroxylation is 1. The van der Waals surface area contributed by atoms with Crippen molar-refractivity contribution >= 4 is 11.6 Å². The fraction of sp³-hybridized carbons (Fsp3) is 0.353. The van der Waals surface area contributed by atoms with Crippen molar-refractivity contribution < 1.29 is 4.74 Å². The maximum Gasteiger partial charge on any atom is 0.216 e. The maximum atomic E-state index is 6.26. The highest BCUT2D eigenvalue weighted by Crippen LogP contribution is 2.32. The van der Waals surface area contributed by atoms with Crippen LogP contribution >= 0.6 is 11.6 Å². The molecule has 0 amide bonds. The third-order valence-electron chi connectivity index (χ3n) is 3.89. The van der Waals surface area contributed by atoms with E-state index in [2.05, 4.69) is 34.6 Å². The number of nitrogens with zero attached hydrogens (tertiary/aromatic N) is 1. The molecule has 0 aliphatic carbocycles. The monoisotopic (exact) mass is 302 g/mol. The van der Waals surface area contributed by atoms with Gasteiger partial charge in [0.1, 0.15) is 6.10 Å². The molecule has 21 heavy (non-hydrogen) atoms. The molecule has 1 saturated heterocycles. The summed E-state index contributed by atoms with van der Waals surface area (Å²) < 4.78 is 6.26. The zero-order valence-electron chi connectivity index (χ0n) is 12.1. The number of ether oxygens (including phenoxy) is 1. The van der Waals surface area contributed by atoms with Gasteiger partial charge >= 0.3 is 0 Å². The Hall–Kier alpha value is -1.58. The highest BCUT2D eigenvalue weighted by molar-refractivity contribution is 6.30. The molecule has 0 bridgehead atoms. The molecule has 110 valence electrons. The summed E-state index contributed by atoms with van der Waals surface area (Å²) in [6.45, 7) is 4.00. The first-order valence-electron chi connectivity index (χ1n) is 7.28. The van der Waals surface area contributed by atoms with Gasteiger partial charge in [0, 0.05) is 24.2 Å². The van der Waals surface area contributed by atoms with Crippen molar-refractivity contribution in [1.29, 1.82) is 0 Å². The molecule has 4 heteroatoms. The average Bonchev–Trinajstić information content (AvgIpc) is 3.01. The van der Waals surface area contributed by atoms with E-state index in [4.69, 9.17) is 16.3 Å². The number of halogens is 1. The van der Waals surface area contributed by atoms with Crippen molar-refractivity contribution in [2.45, 2.75) is 19.4 Å². The predicted octanol–water partition coefficient (Wildman–Crippen LogP) is 3.77. The summed E-state index contributed by atoms with van der Waals surface area (Å²) >= 11 is 5.97. The van der Waals surface area contributed by atoms with Gasteiger partial charge < -0.3 is 10.1 Å². The molecular formula is C17H19ClN2O. The highest BCUT2D eigenvalue weighted by atomic mass is 35.5. The molecule has 2 aromatic rings. The molecule has 3 nitrogen and oxygen atoms in total. The van der Waals surface area contributed by atoms with Crippen molar-refractivity contribution in [3.05, 3.63) is 58.7 Å². The molecule has 1 fully saturated rings. The van der Waals surface area contributed by atoms with Crippen LogP contribution in [0.4, 0.5) is 0 Å². The second-order valence-corrected chi connectivity index (χ2v) is 5.91. The van der Waals surface area contributed by atoms with Gasteiger partial charge in [-0.3, -0.25) is 0 Å². The summed E-state index contributed by atoms with van der Waals surface area (Å²) in [7, 11) is 0. The van der Waals surface area contributed by atoms with Crippen LogP contribution < -0.4 is 10.1 Å². The Labute approximate surface area is 130 Å². The third kappa shape index (κ3) is 3.36. The summed E-state index contributed by atoms with van der Waals surface area (Å²) in [4.78, 5) is 4.34. The number of aromatic nitrogens is 1. The molecule has 0 saturated carbocycles. The van der Waals surface area contributed by atoms with Crippen LogP contribution in [0, 0.1) is 12.8 Å². The number of rotatable bonds is 4. The van der Waals surface area contributed by atoms with Crippen LogP contribution in [0.3, 0.4) is 0 Å². The van der Waals surface area contributed by atoms with E-state index in [9.17, 15) is 0 Å². The number of benzene rings is 1. The van der Waals surface area contributed by atoms with Gasteiger partial charge in [0.25, 0.3) is 0 Å². The van der Waals surface area contributed by atoms with Crippen molar-refractivity contribution in [3.8, 4) is 5.88 Å².